The first-order valence-corrected chi connectivity index (χ1v) is 13.4. The zero-order chi connectivity index (χ0) is 28.4. The number of hydrogen-bond donors (Lipinski definition) is 3. The highest BCUT2D eigenvalue weighted by atomic mass is 16.4. The van der Waals surface area contributed by atoms with Crippen molar-refractivity contribution in [1.29, 1.82) is 5.41 Å². The minimum atomic E-state index is -1.11. The summed E-state index contributed by atoms with van der Waals surface area (Å²) in [6, 6.07) is 15.2. The fourth-order valence-corrected chi connectivity index (χ4v) is 5.35. The third kappa shape index (κ3) is 5.54. The second kappa shape index (κ2) is 11.2. The highest BCUT2D eigenvalue weighted by molar-refractivity contribution is 5.99. The largest absolute Gasteiger partial charge is 0.478 e. The topological polar surface area (TPSA) is 149 Å². The van der Waals surface area contributed by atoms with Gasteiger partial charge in [-0.25, -0.2) is 9.59 Å². The number of carbonyl (C=O) groups excluding carboxylic acids is 2. The van der Waals surface area contributed by atoms with Crippen molar-refractivity contribution in [3.8, 4) is 0 Å². The lowest BCUT2D eigenvalue weighted by Gasteiger charge is -2.23. The zero-order valence-corrected chi connectivity index (χ0v) is 22.4. The number of nitrogens with one attached hydrogen (secondary N) is 1. The van der Waals surface area contributed by atoms with E-state index in [9.17, 15) is 19.5 Å². The van der Waals surface area contributed by atoms with Crippen LogP contribution in [0.4, 0.5) is 10.6 Å². The van der Waals surface area contributed by atoms with E-state index in [0.29, 0.717) is 36.7 Å². The smallest absolute Gasteiger partial charge is 0.335 e. The Balaban J connectivity index is 1.43. The van der Waals surface area contributed by atoms with E-state index in [0.717, 1.165) is 37.9 Å². The van der Waals surface area contributed by atoms with Gasteiger partial charge < -0.3 is 25.5 Å². The number of anilines is 1. The first-order chi connectivity index (χ1) is 19.2. The first-order valence-electron chi connectivity index (χ1n) is 13.4. The van der Waals surface area contributed by atoms with Crippen LogP contribution in [0.15, 0.2) is 54.6 Å². The van der Waals surface area contributed by atoms with Crippen molar-refractivity contribution in [2.45, 2.75) is 31.7 Å². The van der Waals surface area contributed by atoms with Crippen LogP contribution < -0.4 is 10.6 Å². The fourth-order valence-electron chi connectivity index (χ4n) is 5.35. The maximum Gasteiger partial charge on any atom is 0.335 e. The minimum absolute atomic E-state index is 0.00868. The van der Waals surface area contributed by atoms with Crippen molar-refractivity contribution in [1.82, 2.24) is 19.6 Å². The number of likely N-dealkylation sites (tertiary alicyclic amines) is 2. The van der Waals surface area contributed by atoms with Gasteiger partial charge in [0.1, 0.15) is 11.7 Å². The van der Waals surface area contributed by atoms with E-state index >= 15 is 0 Å². The van der Waals surface area contributed by atoms with E-state index < -0.39 is 11.9 Å². The molecule has 0 aliphatic carbocycles. The van der Waals surface area contributed by atoms with Crippen molar-refractivity contribution >= 4 is 29.6 Å². The second-order valence-electron chi connectivity index (χ2n) is 10.4. The Morgan fingerprint density at radius 1 is 1.00 bits per heavy atom. The predicted octanol–water partition coefficient (Wildman–Crippen LogP) is 3.20. The number of nitrogen functional groups attached to an aromatic ring is 1. The maximum atomic E-state index is 13.7. The molecule has 2 aliphatic heterocycles. The highest BCUT2D eigenvalue weighted by Crippen LogP contribution is 2.31. The molecule has 2 aromatic carbocycles. The summed E-state index contributed by atoms with van der Waals surface area (Å²) in [4.78, 5) is 43.8. The Bertz CT molecular complexity index is 1440. The predicted molar refractivity (Wildman–Crippen MR) is 150 cm³/mol. The zero-order valence-electron chi connectivity index (χ0n) is 22.4. The van der Waals surface area contributed by atoms with Gasteiger partial charge in [0.25, 0.3) is 5.91 Å². The summed E-state index contributed by atoms with van der Waals surface area (Å²) in [7, 11) is 1.86. The molecule has 208 valence electrons. The van der Waals surface area contributed by atoms with Gasteiger partial charge in [-0.1, -0.05) is 30.3 Å². The fraction of sp³-hybridized carbons (Fsp3) is 0.345. The number of rotatable bonds is 7. The quantitative estimate of drug-likeness (QED) is 0.306. The van der Waals surface area contributed by atoms with Gasteiger partial charge in [0.2, 0.25) is 0 Å². The van der Waals surface area contributed by atoms with Crippen LogP contribution in [0.2, 0.25) is 0 Å². The Morgan fingerprint density at radius 2 is 1.70 bits per heavy atom. The molecule has 0 saturated carbocycles. The molecule has 1 unspecified atom stereocenters. The SMILES string of the molecule is CN(Cc1ccc(C(=N)N)cc1)c1cc(C2CCN(C(=O)N3CCCC3)C2)nn1C(=O)c1cccc(C(=O)O)c1. The van der Waals surface area contributed by atoms with E-state index in [1.165, 1.54) is 16.8 Å². The molecule has 1 aromatic heterocycles. The Labute approximate surface area is 232 Å². The number of amides is 2. The molecule has 2 amide bonds. The van der Waals surface area contributed by atoms with Gasteiger partial charge in [-0.3, -0.25) is 10.2 Å². The number of benzene rings is 2. The van der Waals surface area contributed by atoms with Crippen LogP contribution >= 0.6 is 0 Å². The standard InChI is InChI=1S/C29H33N7O4/c1-33(17-19-7-9-20(10-8-19)26(30)31)25-16-24(23-11-14-35(18-23)29(40)34-12-2-3-13-34)32-36(25)27(37)21-5-4-6-22(15-21)28(38)39/h4-10,15-16,23H,2-3,11-14,17-18H2,1H3,(H3,30,31)(H,38,39). The van der Waals surface area contributed by atoms with Gasteiger partial charge >= 0.3 is 12.0 Å². The number of carboxylic acids is 1. The molecule has 2 fully saturated rings. The number of carboxylic acid groups (broad SMARTS) is 1. The van der Waals surface area contributed by atoms with Crippen LogP contribution in [-0.2, 0) is 6.54 Å². The van der Waals surface area contributed by atoms with E-state index in [-0.39, 0.29) is 28.9 Å². The molecule has 11 nitrogen and oxygen atoms in total. The van der Waals surface area contributed by atoms with Gasteiger partial charge in [0.15, 0.2) is 0 Å². The maximum absolute atomic E-state index is 13.7. The number of urea groups is 1. The summed E-state index contributed by atoms with van der Waals surface area (Å²) in [6.07, 6.45) is 2.81. The normalized spacial score (nSPS) is 16.8. The Morgan fingerprint density at radius 3 is 2.38 bits per heavy atom. The molecule has 5 rings (SSSR count). The molecule has 0 radical (unpaired) electrons. The number of carbonyl (C=O) groups is 3. The molecule has 0 spiro atoms. The van der Waals surface area contributed by atoms with E-state index in [2.05, 4.69) is 0 Å². The van der Waals surface area contributed by atoms with Gasteiger partial charge in [-0.15, -0.1) is 0 Å². The minimum Gasteiger partial charge on any atom is -0.478 e. The molecule has 0 bridgehead atoms. The molecular weight excluding hydrogens is 510 g/mol. The molecular formula is C29H33N7O4. The lowest BCUT2D eigenvalue weighted by Crippen LogP contribution is -2.40. The molecule has 40 heavy (non-hydrogen) atoms. The Hall–Kier alpha value is -4.67. The summed E-state index contributed by atoms with van der Waals surface area (Å²) >= 11 is 0. The van der Waals surface area contributed by atoms with E-state index in [1.807, 2.05) is 39.9 Å². The van der Waals surface area contributed by atoms with E-state index in [1.54, 1.807) is 24.3 Å². The van der Waals surface area contributed by atoms with Crippen LogP contribution in [0.1, 0.15) is 62.7 Å². The average Bonchev–Trinajstić information content (AvgIpc) is 3.73. The van der Waals surface area contributed by atoms with Crippen molar-refractivity contribution in [3.63, 3.8) is 0 Å². The molecule has 3 heterocycles. The number of aromatic nitrogens is 2. The molecule has 2 saturated heterocycles. The van der Waals surface area contributed by atoms with Crippen LogP contribution in [0.5, 0.6) is 0 Å². The lowest BCUT2D eigenvalue weighted by molar-refractivity contribution is 0.0696. The second-order valence-corrected chi connectivity index (χ2v) is 10.4. The molecule has 3 aromatic rings. The van der Waals surface area contributed by atoms with Crippen LogP contribution in [0.3, 0.4) is 0 Å². The van der Waals surface area contributed by atoms with Crippen molar-refractivity contribution < 1.29 is 19.5 Å². The average molecular weight is 544 g/mol. The Kier molecular flexibility index (Phi) is 7.54. The van der Waals surface area contributed by atoms with Gasteiger partial charge in [0, 0.05) is 62.9 Å². The summed E-state index contributed by atoms with van der Waals surface area (Å²) in [6.45, 7) is 3.21. The third-order valence-corrected chi connectivity index (χ3v) is 7.59. The molecule has 2 aliphatic rings. The summed E-state index contributed by atoms with van der Waals surface area (Å²) < 4.78 is 1.32. The molecule has 1 atom stereocenters. The van der Waals surface area contributed by atoms with Gasteiger partial charge in [-0.2, -0.15) is 9.78 Å². The first kappa shape index (κ1) is 26.9. The monoisotopic (exact) mass is 543 g/mol. The molecule has 4 N–H and O–H groups in total. The third-order valence-electron chi connectivity index (χ3n) is 7.59. The summed E-state index contributed by atoms with van der Waals surface area (Å²) in [5.41, 5.74) is 8.11. The number of amidine groups is 1. The number of aromatic carboxylic acids is 1. The van der Waals surface area contributed by atoms with E-state index in [4.69, 9.17) is 16.2 Å². The number of nitrogens with two attached hydrogens (primary N) is 1. The van der Waals surface area contributed by atoms with Crippen LogP contribution in [-0.4, -0.2) is 81.7 Å². The lowest BCUT2D eigenvalue weighted by atomic mass is 10.1. The van der Waals surface area contributed by atoms with Gasteiger partial charge in [-0.05, 0) is 43.0 Å². The number of hydrogen-bond acceptors (Lipinski definition) is 6. The number of nitrogens with zero attached hydrogens (tertiary/aromatic N) is 5. The highest BCUT2D eigenvalue weighted by Gasteiger charge is 2.33. The van der Waals surface area contributed by atoms with Crippen molar-refractivity contribution in [3.05, 3.63) is 82.5 Å². The van der Waals surface area contributed by atoms with Crippen LogP contribution in [0, 0.1) is 5.41 Å². The van der Waals surface area contributed by atoms with Crippen molar-refractivity contribution in [2.75, 3.05) is 38.1 Å². The summed E-state index contributed by atoms with van der Waals surface area (Å²) in [5.74, 6) is -1.03. The molecule has 11 heteroatoms. The van der Waals surface area contributed by atoms with Crippen LogP contribution in [0.25, 0.3) is 0 Å². The van der Waals surface area contributed by atoms with Crippen molar-refractivity contribution in [2.24, 2.45) is 5.73 Å². The van der Waals surface area contributed by atoms with Gasteiger partial charge in [0.05, 0.1) is 11.3 Å². The summed E-state index contributed by atoms with van der Waals surface area (Å²) in [5, 5.41) is 21.7.